The van der Waals surface area contributed by atoms with Crippen molar-refractivity contribution in [1.82, 2.24) is 4.90 Å². The molecule has 0 bridgehead atoms. The van der Waals surface area contributed by atoms with Gasteiger partial charge in [0.25, 0.3) is 0 Å². The van der Waals surface area contributed by atoms with Crippen molar-refractivity contribution in [3.8, 4) is 0 Å². The summed E-state index contributed by atoms with van der Waals surface area (Å²) in [4.78, 5) is 13.8. The maximum absolute atomic E-state index is 12.0. The van der Waals surface area contributed by atoms with Gasteiger partial charge < -0.3 is 14.7 Å². The van der Waals surface area contributed by atoms with Crippen LogP contribution in [-0.2, 0) is 4.74 Å². The van der Waals surface area contributed by atoms with Gasteiger partial charge in [-0.3, -0.25) is 0 Å². The first kappa shape index (κ1) is 14.3. The second-order valence-electron chi connectivity index (χ2n) is 5.73. The molecule has 1 aliphatic heterocycles. The lowest BCUT2D eigenvalue weighted by Gasteiger charge is -2.32. The van der Waals surface area contributed by atoms with E-state index < -0.39 is 5.60 Å². The predicted molar refractivity (Wildman–Crippen MR) is 66.8 cm³/mol. The van der Waals surface area contributed by atoms with E-state index >= 15 is 0 Å². The molecule has 1 saturated heterocycles. The molecular weight excluding hydrogens is 218 g/mol. The Bertz CT molecular complexity index is 256. The zero-order chi connectivity index (χ0) is 13.1. The van der Waals surface area contributed by atoms with E-state index in [1.165, 1.54) is 0 Å². The normalized spacial score (nSPS) is 22.6. The number of aliphatic hydroxyl groups is 1. The van der Waals surface area contributed by atoms with E-state index in [0.717, 1.165) is 25.8 Å². The van der Waals surface area contributed by atoms with E-state index in [2.05, 4.69) is 0 Å². The van der Waals surface area contributed by atoms with Crippen molar-refractivity contribution in [2.75, 3.05) is 13.2 Å². The van der Waals surface area contributed by atoms with E-state index in [0.29, 0.717) is 0 Å². The minimum Gasteiger partial charge on any atom is -0.444 e. The third-order valence-corrected chi connectivity index (χ3v) is 3.23. The molecule has 0 aromatic rings. The van der Waals surface area contributed by atoms with Crippen LogP contribution in [0.15, 0.2) is 0 Å². The molecule has 0 spiro atoms. The van der Waals surface area contributed by atoms with E-state index in [-0.39, 0.29) is 24.7 Å². The molecule has 2 unspecified atom stereocenters. The van der Waals surface area contributed by atoms with Crippen LogP contribution in [0.3, 0.4) is 0 Å². The summed E-state index contributed by atoms with van der Waals surface area (Å²) in [6.07, 6.45) is 2.62. The van der Waals surface area contributed by atoms with Gasteiger partial charge in [0.2, 0.25) is 0 Å². The average molecular weight is 243 g/mol. The number of amides is 1. The maximum atomic E-state index is 12.0. The summed E-state index contributed by atoms with van der Waals surface area (Å²) in [7, 11) is 0. The number of hydrogen-bond acceptors (Lipinski definition) is 3. The summed E-state index contributed by atoms with van der Waals surface area (Å²) < 4.78 is 5.40. The zero-order valence-electron chi connectivity index (χ0n) is 11.4. The Morgan fingerprint density at radius 3 is 2.65 bits per heavy atom. The first-order valence-electron chi connectivity index (χ1n) is 6.49. The van der Waals surface area contributed by atoms with Crippen LogP contribution in [0.1, 0.15) is 47.0 Å². The molecule has 100 valence electrons. The lowest BCUT2D eigenvalue weighted by molar-refractivity contribution is 0.0141. The highest BCUT2D eigenvalue weighted by atomic mass is 16.6. The number of rotatable bonds is 3. The Morgan fingerprint density at radius 1 is 1.53 bits per heavy atom. The second-order valence-corrected chi connectivity index (χ2v) is 5.73. The molecule has 0 saturated carbocycles. The van der Waals surface area contributed by atoms with Crippen LogP contribution < -0.4 is 0 Å². The third kappa shape index (κ3) is 3.87. The van der Waals surface area contributed by atoms with Crippen LogP contribution in [0.5, 0.6) is 0 Å². The van der Waals surface area contributed by atoms with Crippen molar-refractivity contribution >= 4 is 6.09 Å². The van der Waals surface area contributed by atoms with E-state index in [1.54, 1.807) is 4.90 Å². The summed E-state index contributed by atoms with van der Waals surface area (Å²) >= 11 is 0. The summed E-state index contributed by atoms with van der Waals surface area (Å²) in [6, 6.07) is 0.139. The number of aliphatic hydroxyl groups excluding tert-OH is 1. The molecule has 2 atom stereocenters. The molecule has 0 radical (unpaired) electrons. The Labute approximate surface area is 104 Å². The monoisotopic (exact) mass is 243 g/mol. The number of carbonyl (C=O) groups excluding carboxylic acids is 1. The van der Waals surface area contributed by atoms with Crippen molar-refractivity contribution in [2.24, 2.45) is 5.92 Å². The first-order valence-corrected chi connectivity index (χ1v) is 6.49. The quantitative estimate of drug-likeness (QED) is 0.828. The molecule has 1 amide bonds. The topological polar surface area (TPSA) is 49.8 Å². The molecule has 4 nitrogen and oxygen atoms in total. The number of nitrogens with zero attached hydrogens (tertiary/aromatic N) is 1. The van der Waals surface area contributed by atoms with Crippen LogP contribution in [0, 0.1) is 5.92 Å². The predicted octanol–water partition coefficient (Wildman–Crippen LogP) is 2.40. The highest BCUT2D eigenvalue weighted by Crippen LogP contribution is 2.27. The molecule has 17 heavy (non-hydrogen) atoms. The van der Waals surface area contributed by atoms with E-state index in [1.807, 2.05) is 27.7 Å². The summed E-state index contributed by atoms with van der Waals surface area (Å²) in [5, 5.41) is 9.34. The average Bonchev–Trinajstić information content (AvgIpc) is 2.66. The fourth-order valence-electron chi connectivity index (χ4n) is 2.35. The zero-order valence-corrected chi connectivity index (χ0v) is 11.4. The van der Waals surface area contributed by atoms with Gasteiger partial charge in [0.05, 0.1) is 0 Å². The van der Waals surface area contributed by atoms with Gasteiger partial charge in [-0.2, -0.15) is 0 Å². The largest absolute Gasteiger partial charge is 0.444 e. The Balaban J connectivity index is 2.65. The molecule has 1 N–H and O–H groups in total. The third-order valence-electron chi connectivity index (χ3n) is 3.23. The Morgan fingerprint density at radius 2 is 2.18 bits per heavy atom. The van der Waals surface area contributed by atoms with Crippen LogP contribution in [0.2, 0.25) is 0 Å². The van der Waals surface area contributed by atoms with Crippen LogP contribution in [-0.4, -0.2) is 40.9 Å². The van der Waals surface area contributed by atoms with Crippen molar-refractivity contribution in [3.05, 3.63) is 0 Å². The summed E-state index contributed by atoms with van der Waals surface area (Å²) in [5.41, 5.74) is -0.453. The molecule has 0 aromatic carbocycles. The molecule has 1 rings (SSSR count). The molecule has 0 aromatic heterocycles. The molecular formula is C13H25NO3. The maximum Gasteiger partial charge on any atom is 0.410 e. The van der Waals surface area contributed by atoms with Gasteiger partial charge in [-0.15, -0.1) is 0 Å². The molecule has 4 heteroatoms. The smallest absolute Gasteiger partial charge is 0.410 e. The van der Waals surface area contributed by atoms with Crippen LogP contribution in [0.25, 0.3) is 0 Å². The summed E-state index contributed by atoms with van der Waals surface area (Å²) in [6.45, 7) is 8.56. The fourth-order valence-corrected chi connectivity index (χ4v) is 2.35. The molecule has 1 heterocycles. The molecule has 0 aliphatic carbocycles. The number of hydrogen-bond donors (Lipinski definition) is 1. The van der Waals surface area contributed by atoms with Crippen molar-refractivity contribution in [1.29, 1.82) is 0 Å². The number of carbonyl (C=O) groups is 1. The number of likely N-dealkylation sites (tertiary alicyclic amines) is 1. The molecule has 1 aliphatic rings. The Kier molecular flexibility index (Phi) is 4.80. The van der Waals surface area contributed by atoms with Gasteiger partial charge in [0.1, 0.15) is 5.60 Å². The van der Waals surface area contributed by atoms with Gasteiger partial charge in [-0.05, 0) is 40.0 Å². The minimum absolute atomic E-state index is 0.139. The van der Waals surface area contributed by atoms with Crippen LogP contribution in [0.4, 0.5) is 4.79 Å². The van der Waals surface area contributed by atoms with Gasteiger partial charge in [0, 0.05) is 25.1 Å². The van der Waals surface area contributed by atoms with Gasteiger partial charge in [-0.25, -0.2) is 4.79 Å². The van der Waals surface area contributed by atoms with Gasteiger partial charge >= 0.3 is 6.09 Å². The first-order chi connectivity index (χ1) is 7.89. The van der Waals surface area contributed by atoms with Crippen molar-refractivity contribution in [3.63, 3.8) is 0 Å². The lowest BCUT2D eigenvalue weighted by atomic mass is 9.96. The van der Waals surface area contributed by atoms with Crippen LogP contribution >= 0.6 is 0 Å². The van der Waals surface area contributed by atoms with E-state index in [4.69, 9.17) is 4.74 Å². The fraction of sp³-hybridized carbons (Fsp3) is 0.923. The number of ether oxygens (including phenoxy) is 1. The van der Waals surface area contributed by atoms with Gasteiger partial charge in [-0.1, -0.05) is 6.92 Å². The van der Waals surface area contributed by atoms with Crippen molar-refractivity contribution < 1.29 is 14.6 Å². The SMILES string of the molecule is CCC(CO)C1CCCN1C(=O)OC(C)(C)C. The minimum atomic E-state index is -0.453. The van der Waals surface area contributed by atoms with E-state index in [9.17, 15) is 9.90 Å². The second kappa shape index (κ2) is 5.71. The molecule has 1 fully saturated rings. The Hall–Kier alpha value is -0.770. The lowest BCUT2D eigenvalue weighted by Crippen LogP contribution is -2.43. The highest BCUT2D eigenvalue weighted by molar-refractivity contribution is 5.69. The van der Waals surface area contributed by atoms with Crippen molar-refractivity contribution in [2.45, 2.75) is 58.6 Å². The standard InChI is InChI=1S/C13H25NO3/c1-5-10(9-15)11-7-6-8-14(11)12(16)17-13(2,3)4/h10-11,15H,5-9H2,1-4H3. The summed E-state index contributed by atoms with van der Waals surface area (Å²) in [5.74, 6) is 0.171. The van der Waals surface area contributed by atoms with Gasteiger partial charge in [0.15, 0.2) is 0 Å². The highest BCUT2D eigenvalue weighted by Gasteiger charge is 2.35.